The number of rotatable bonds is 2. The predicted molar refractivity (Wildman–Crippen MR) is 55.2 cm³/mol. The van der Waals surface area contributed by atoms with Crippen molar-refractivity contribution in [3.05, 3.63) is 23.8 Å². The molecule has 7 heteroatoms. The molecule has 2 rings (SSSR count). The topological polar surface area (TPSA) is 41.1 Å². The first-order chi connectivity index (χ1) is 8.05. The summed E-state index contributed by atoms with van der Waals surface area (Å²) in [7, 11) is 0. The third kappa shape index (κ3) is 3.37. The Morgan fingerprint density at radius 2 is 1.76 bits per heavy atom. The molecule has 0 bridgehead atoms. The van der Waals surface area contributed by atoms with Gasteiger partial charge in [0, 0.05) is 50.7 Å². The second-order valence-corrected chi connectivity index (χ2v) is 3.94. The Bertz CT molecular complexity index is 357. The summed E-state index contributed by atoms with van der Waals surface area (Å²) in [5, 5.41) is 3.21. The molecule has 94 valence electrons. The van der Waals surface area contributed by atoms with Crippen LogP contribution in [0.5, 0.6) is 0 Å². The SMILES string of the molecule is FC(F)(F)c1ncc(CN2CCNCC2)cn1. The zero-order valence-electron chi connectivity index (χ0n) is 9.17. The van der Waals surface area contributed by atoms with Gasteiger partial charge in [0.05, 0.1) is 0 Å². The first kappa shape index (κ1) is 12.3. The number of hydrogen-bond donors (Lipinski definition) is 1. The predicted octanol–water partition coefficient (Wildman–Crippen LogP) is 0.901. The highest BCUT2D eigenvalue weighted by Gasteiger charge is 2.34. The van der Waals surface area contributed by atoms with Gasteiger partial charge in [-0.25, -0.2) is 9.97 Å². The largest absolute Gasteiger partial charge is 0.451 e. The third-order valence-corrected chi connectivity index (χ3v) is 2.57. The molecule has 1 aliphatic rings. The summed E-state index contributed by atoms with van der Waals surface area (Å²) in [5.41, 5.74) is 0.708. The van der Waals surface area contributed by atoms with Crippen molar-refractivity contribution in [2.45, 2.75) is 12.7 Å². The number of nitrogens with zero attached hydrogens (tertiary/aromatic N) is 3. The van der Waals surface area contributed by atoms with E-state index in [0.717, 1.165) is 26.2 Å². The molecule has 0 saturated carbocycles. The lowest BCUT2D eigenvalue weighted by molar-refractivity contribution is -0.145. The van der Waals surface area contributed by atoms with E-state index in [0.29, 0.717) is 12.1 Å². The van der Waals surface area contributed by atoms with Crippen molar-refractivity contribution in [2.24, 2.45) is 0 Å². The number of piperazine rings is 1. The molecule has 0 spiro atoms. The summed E-state index contributed by atoms with van der Waals surface area (Å²) in [6.45, 7) is 4.19. The number of aromatic nitrogens is 2. The molecule has 17 heavy (non-hydrogen) atoms. The van der Waals surface area contributed by atoms with Crippen LogP contribution in [0.15, 0.2) is 12.4 Å². The molecule has 0 unspecified atom stereocenters. The van der Waals surface area contributed by atoms with Gasteiger partial charge in [-0.3, -0.25) is 4.90 Å². The van der Waals surface area contributed by atoms with Gasteiger partial charge >= 0.3 is 6.18 Å². The maximum absolute atomic E-state index is 12.2. The van der Waals surface area contributed by atoms with Crippen molar-refractivity contribution in [3.8, 4) is 0 Å². The Kier molecular flexibility index (Phi) is 3.58. The van der Waals surface area contributed by atoms with E-state index >= 15 is 0 Å². The van der Waals surface area contributed by atoms with Gasteiger partial charge in [-0.15, -0.1) is 0 Å². The van der Waals surface area contributed by atoms with Crippen molar-refractivity contribution in [1.82, 2.24) is 20.2 Å². The van der Waals surface area contributed by atoms with Crippen LogP contribution in [0.25, 0.3) is 0 Å². The van der Waals surface area contributed by atoms with Gasteiger partial charge in [-0.2, -0.15) is 13.2 Å². The minimum absolute atomic E-state index is 0.597. The lowest BCUT2D eigenvalue weighted by atomic mass is 10.3. The summed E-state index contributed by atoms with van der Waals surface area (Å²) < 4.78 is 36.7. The molecule has 0 aromatic carbocycles. The van der Waals surface area contributed by atoms with Crippen LogP contribution in [0.1, 0.15) is 11.4 Å². The van der Waals surface area contributed by atoms with Crippen molar-refractivity contribution in [3.63, 3.8) is 0 Å². The molecule has 1 saturated heterocycles. The summed E-state index contributed by atoms with van der Waals surface area (Å²) in [5.74, 6) is -1.08. The van der Waals surface area contributed by atoms with Crippen LogP contribution >= 0.6 is 0 Å². The first-order valence-corrected chi connectivity index (χ1v) is 5.37. The van der Waals surface area contributed by atoms with E-state index < -0.39 is 12.0 Å². The lowest BCUT2D eigenvalue weighted by Crippen LogP contribution is -2.42. The zero-order valence-corrected chi connectivity index (χ0v) is 9.17. The summed E-state index contributed by atoms with van der Waals surface area (Å²) in [4.78, 5) is 8.83. The molecular formula is C10H13F3N4. The van der Waals surface area contributed by atoms with Crippen LogP contribution in [0, 0.1) is 0 Å². The highest BCUT2D eigenvalue weighted by atomic mass is 19.4. The maximum Gasteiger partial charge on any atom is 0.451 e. The number of alkyl halides is 3. The molecule has 0 aliphatic carbocycles. The van der Waals surface area contributed by atoms with E-state index in [9.17, 15) is 13.2 Å². The van der Waals surface area contributed by atoms with Crippen LogP contribution in [-0.4, -0.2) is 41.0 Å². The Morgan fingerprint density at radius 1 is 1.18 bits per heavy atom. The van der Waals surface area contributed by atoms with E-state index in [-0.39, 0.29) is 0 Å². The second kappa shape index (κ2) is 4.97. The maximum atomic E-state index is 12.2. The van der Waals surface area contributed by atoms with Crippen molar-refractivity contribution < 1.29 is 13.2 Å². The molecule has 0 amide bonds. The fourth-order valence-corrected chi connectivity index (χ4v) is 1.71. The van der Waals surface area contributed by atoms with Crippen LogP contribution < -0.4 is 5.32 Å². The zero-order chi connectivity index (χ0) is 12.3. The van der Waals surface area contributed by atoms with E-state index in [2.05, 4.69) is 20.2 Å². The van der Waals surface area contributed by atoms with Crippen molar-refractivity contribution in [2.75, 3.05) is 26.2 Å². The Balaban J connectivity index is 1.98. The molecule has 1 aromatic rings. The molecule has 4 nitrogen and oxygen atoms in total. The first-order valence-electron chi connectivity index (χ1n) is 5.37. The van der Waals surface area contributed by atoms with E-state index in [1.165, 1.54) is 12.4 Å². The van der Waals surface area contributed by atoms with Gasteiger partial charge in [0.25, 0.3) is 0 Å². The summed E-state index contributed by atoms with van der Waals surface area (Å²) in [6.07, 6.45) is -1.97. The molecule has 1 aliphatic heterocycles. The molecule has 1 N–H and O–H groups in total. The van der Waals surface area contributed by atoms with Gasteiger partial charge in [0.2, 0.25) is 5.82 Å². The van der Waals surface area contributed by atoms with Crippen molar-refractivity contribution in [1.29, 1.82) is 0 Å². The standard InChI is InChI=1S/C10H13F3N4/c11-10(12,13)9-15-5-8(6-16-9)7-17-3-1-14-2-4-17/h5-6,14H,1-4,7H2. The quantitative estimate of drug-likeness (QED) is 0.841. The van der Waals surface area contributed by atoms with Gasteiger partial charge < -0.3 is 5.32 Å². The van der Waals surface area contributed by atoms with Gasteiger partial charge in [-0.05, 0) is 0 Å². The molecule has 0 atom stereocenters. The minimum atomic E-state index is -4.46. The second-order valence-electron chi connectivity index (χ2n) is 3.94. The fraction of sp³-hybridized carbons (Fsp3) is 0.600. The van der Waals surface area contributed by atoms with Gasteiger partial charge in [-0.1, -0.05) is 0 Å². The monoisotopic (exact) mass is 246 g/mol. The molecule has 0 radical (unpaired) electrons. The van der Waals surface area contributed by atoms with Crippen LogP contribution in [0.2, 0.25) is 0 Å². The fourth-order valence-electron chi connectivity index (χ4n) is 1.71. The van der Waals surface area contributed by atoms with E-state index in [1.54, 1.807) is 0 Å². The lowest BCUT2D eigenvalue weighted by Gasteiger charge is -2.26. The highest BCUT2D eigenvalue weighted by molar-refractivity contribution is 5.06. The molecular weight excluding hydrogens is 233 g/mol. The Hall–Kier alpha value is -1.21. The Labute approximate surface area is 96.9 Å². The number of nitrogens with one attached hydrogen (secondary N) is 1. The third-order valence-electron chi connectivity index (χ3n) is 2.57. The Morgan fingerprint density at radius 3 is 2.29 bits per heavy atom. The molecule has 1 aromatic heterocycles. The summed E-state index contributed by atoms with van der Waals surface area (Å²) >= 11 is 0. The van der Waals surface area contributed by atoms with Gasteiger partial charge in [0.15, 0.2) is 0 Å². The summed E-state index contributed by atoms with van der Waals surface area (Å²) in [6, 6.07) is 0. The molecule has 2 heterocycles. The molecule has 1 fully saturated rings. The number of hydrogen-bond acceptors (Lipinski definition) is 4. The van der Waals surface area contributed by atoms with E-state index in [4.69, 9.17) is 0 Å². The van der Waals surface area contributed by atoms with E-state index in [1.807, 2.05) is 0 Å². The smallest absolute Gasteiger partial charge is 0.314 e. The highest BCUT2D eigenvalue weighted by Crippen LogP contribution is 2.25. The minimum Gasteiger partial charge on any atom is -0.314 e. The van der Waals surface area contributed by atoms with Gasteiger partial charge in [0.1, 0.15) is 0 Å². The number of halogens is 3. The normalized spacial score (nSPS) is 18.3. The average Bonchev–Trinajstić information content (AvgIpc) is 2.30. The van der Waals surface area contributed by atoms with Crippen LogP contribution in [0.4, 0.5) is 13.2 Å². The van der Waals surface area contributed by atoms with Crippen molar-refractivity contribution >= 4 is 0 Å². The average molecular weight is 246 g/mol. The van der Waals surface area contributed by atoms with Crippen LogP contribution in [-0.2, 0) is 12.7 Å². The van der Waals surface area contributed by atoms with Crippen LogP contribution in [0.3, 0.4) is 0 Å².